The third-order valence-corrected chi connectivity index (χ3v) is 11.0. The predicted molar refractivity (Wildman–Crippen MR) is 179 cm³/mol. The number of anilines is 1. The highest BCUT2D eigenvalue weighted by molar-refractivity contribution is 6.05. The maximum absolute atomic E-state index is 14.6. The maximum atomic E-state index is 14.6. The van der Waals surface area contributed by atoms with E-state index in [2.05, 4.69) is 27.8 Å². The monoisotopic (exact) mass is 646 g/mol. The first-order valence-electron chi connectivity index (χ1n) is 17.0. The molecule has 1 aromatic carbocycles. The van der Waals surface area contributed by atoms with Gasteiger partial charge in [0.1, 0.15) is 24.3 Å². The molecule has 2 fully saturated rings. The number of alkyl halides is 1. The van der Waals surface area contributed by atoms with Crippen LogP contribution in [0.4, 0.5) is 10.2 Å². The summed E-state index contributed by atoms with van der Waals surface area (Å²) in [7, 11) is 5.51. The van der Waals surface area contributed by atoms with E-state index in [4.69, 9.17) is 25.4 Å². The number of likely N-dealkylation sites (N-methyl/N-ethyl adjacent to an activating group) is 2. The number of benzene rings is 1. The first kappa shape index (κ1) is 31.8. The van der Waals surface area contributed by atoms with Gasteiger partial charge in [0.05, 0.1) is 34.7 Å². The Hall–Kier alpha value is -3.77. The van der Waals surface area contributed by atoms with Crippen LogP contribution in [0.1, 0.15) is 60.9 Å². The number of fused-ring (bicyclic) bond motifs is 4. The van der Waals surface area contributed by atoms with Crippen molar-refractivity contribution in [2.45, 2.75) is 75.2 Å². The fourth-order valence-corrected chi connectivity index (χ4v) is 8.66. The van der Waals surface area contributed by atoms with Crippen molar-refractivity contribution < 1.29 is 19.0 Å². The highest BCUT2D eigenvalue weighted by Gasteiger charge is 2.50. The Morgan fingerprint density at radius 2 is 2.04 bits per heavy atom. The number of halogens is 1. The summed E-state index contributed by atoms with van der Waals surface area (Å²) >= 11 is 0. The zero-order valence-electron chi connectivity index (χ0n) is 27.8. The van der Waals surface area contributed by atoms with Crippen molar-refractivity contribution in [1.82, 2.24) is 24.7 Å². The van der Waals surface area contributed by atoms with Crippen LogP contribution in [-0.4, -0.2) is 114 Å². The van der Waals surface area contributed by atoms with Crippen LogP contribution >= 0.6 is 0 Å². The third kappa shape index (κ3) is 5.83. The average Bonchev–Trinajstić information content (AvgIpc) is 3.46. The normalized spacial score (nSPS) is 28.0. The number of aromatic nitrogens is 2. The summed E-state index contributed by atoms with van der Waals surface area (Å²) in [5, 5.41) is 10.5. The Bertz CT molecular complexity index is 1610. The molecule has 1 aromatic heterocycles. The number of ether oxygens (including phenoxy) is 1. The van der Waals surface area contributed by atoms with E-state index in [1.54, 1.807) is 26.2 Å². The molecular formula is C35H47FN8O3. The van der Waals surface area contributed by atoms with Crippen LogP contribution in [-0.2, 0) is 29.7 Å². The Morgan fingerprint density at radius 1 is 1.19 bits per heavy atom. The number of hydrogen-bond acceptors (Lipinski definition) is 10. The van der Waals surface area contributed by atoms with Crippen molar-refractivity contribution in [2.75, 3.05) is 65.4 Å². The van der Waals surface area contributed by atoms with Gasteiger partial charge in [-0.05, 0) is 81.5 Å². The lowest BCUT2D eigenvalue weighted by atomic mass is 9.70. The number of aryl methyl sites for hydroxylation is 1. The van der Waals surface area contributed by atoms with Crippen LogP contribution in [0, 0.1) is 0 Å². The van der Waals surface area contributed by atoms with E-state index in [0.717, 1.165) is 80.0 Å². The number of nitrogens with two attached hydrogens (primary N) is 1. The Balaban J connectivity index is 1.27. The number of rotatable bonds is 6. The van der Waals surface area contributed by atoms with Crippen molar-refractivity contribution in [3.8, 4) is 11.8 Å². The zero-order chi connectivity index (χ0) is 32.9. The summed E-state index contributed by atoms with van der Waals surface area (Å²) in [5.41, 5.74) is 10.8. The molecule has 1 amide bonds. The minimum atomic E-state index is -0.841. The Labute approximate surface area is 276 Å². The second-order valence-electron chi connectivity index (χ2n) is 14.3. The van der Waals surface area contributed by atoms with E-state index in [0.29, 0.717) is 51.6 Å². The molecule has 3 atom stereocenters. The average molecular weight is 647 g/mol. The largest absolute Gasteiger partial charge is 0.508 e. The van der Waals surface area contributed by atoms with Gasteiger partial charge >= 0.3 is 6.01 Å². The minimum absolute atomic E-state index is 0.147. The summed E-state index contributed by atoms with van der Waals surface area (Å²) in [4.78, 5) is 35.8. The molecule has 0 unspecified atom stereocenters. The van der Waals surface area contributed by atoms with Crippen LogP contribution in [0.2, 0.25) is 0 Å². The molecule has 4 aliphatic heterocycles. The summed E-state index contributed by atoms with van der Waals surface area (Å²) < 4.78 is 21.1. The van der Waals surface area contributed by atoms with E-state index in [-0.39, 0.29) is 28.4 Å². The maximum Gasteiger partial charge on any atom is 0.318 e. The SMILES string of the molecule is CN(C)C(=O)C(N)=CC1=NCCCN(c2nc(OC[C@@]34CCCN3C[C@H](F)C4)nc3c2CN(C)[C@]2(CCCc4ccc(O)cc42)C3)C1. The molecule has 2 saturated heterocycles. The van der Waals surface area contributed by atoms with Crippen molar-refractivity contribution in [3.05, 3.63) is 52.4 Å². The highest BCUT2D eigenvalue weighted by atomic mass is 19.1. The number of carbonyl (C=O) groups excluding carboxylic acids is 1. The smallest absolute Gasteiger partial charge is 0.318 e. The molecule has 0 saturated carbocycles. The number of aromatic hydroxyl groups is 1. The number of aliphatic imine (C=N–C) groups is 1. The van der Waals surface area contributed by atoms with Gasteiger partial charge in [0.25, 0.3) is 5.91 Å². The fraction of sp³-hybridized carbons (Fsp3) is 0.600. The molecule has 1 spiro atoms. The molecule has 7 rings (SSSR count). The summed E-state index contributed by atoms with van der Waals surface area (Å²) in [6, 6.07) is 6.08. The minimum Gasteiger partial charge on any atom is -0.508 e. The van der Waals surface area contributed by atoms with Gasteiger partial charge in [0.15, 0.2) is 0 Å². The van der Waals surface area contributed by atoms with Crippen molar-refractivity contribution in [1.29, 1.82) is 0 Å². The van der Waals surface area contributed by atoms with Gasteiger partial charge < -0.3 is 25.4 Å². The summed E-state index contributed by atoms with van der Waals surface area (Å²) in [6.45, 7) is 4.12. The molecule has 47 heavy (non-hydrogen) atoms. The van der Waals surface area contributed by atoms with Crippen LogP contribution in [0.15, 0.2) is 35.0 Å². The molecule has 1 aliphatic carbocycles. The van der Waals surface area contributed by atoms with E-state index >= 15 is 0 Å². The lowest BCUT2D eigenvalue weighted by Gasteiger charge is -2.49. The second kappa shape index (κ2) is 12.4. The number of hydrogen-bond donors (Lipinski definition) is 2. The molecule has 0 bridgehead atoms. The molecule has 5 aliphatic rings. The van der Waals surface area contributed by atoms with E-state index in [1.165, 1.54) is 10.5 Å². The van der Waals surface area contributed by atoms with E-state index in [1.807, 2.05) is 6.07 Å². The molecule has 11 nitrogen and oxygen atoms in total. The van der Waals surface area contributed by atoms with Gasteiger partial charge in [-0.3, -0.25) is 19.6 Å². The van der Waals surface area contributed by atoms with E-state index < -0.39 is 6.17 Å². The van der Waals surface area contributed by atoms with Gasteiger partial charge in [-0.15, -0.1) is 0 Å². The van der Waals surface area contributed by atoms with Gasteiger partial charge in [0, 0.05) is 58.7 Å². The molecule has 12 heteroatoms. The van der Waals surface area contributed by atoms with Crippen molar-refractivity contribution in [3.63, 3.8) is 0 Å². The van der Waals surface area contributed by atoms with Gasteiger partial charge in [0.2, 0.25) is 0 Å². The van der Waals surface area contributed by atoms with Crippen LogP contribution in [0.25, 0.3) is 0 Å². The Morgan fingerprint density at radius 3 is 2.87 bits per heavy atom. The summed E-state index contributed by atoms with van der Waals surface area (Å²) in [6.07, 6.45) is 7.72. The standard InChI is InChI=1S/C35H47FN8O3/c1-41(2)32(46)29(37)15-25-20-43(13-6-12-38-25)31-27-21-42(3)35(11-4-7-23-8-9-26(45)16-28(23)35)18-30(27)39-33(40-31)47-22-34-10-5-14-44(34)19-24(36)17-34/h8-9,15-16,24,45H,4-7,10-14,17-22,37H2,1-3H3/t24-,34+,35-/m1/s1. The first-order chi connectivity index (χ1) is 22.6. The molecule has 2 aromatic rings. The second-order valence-corrected chi connectivity index (χ2v) is 14.3. The predicted octanol–water partition coefficient (Wildman–Crippen LogP) is 2.94. The van der Waals surface area contributed by atoms with Crippen LogP contribution in [0.3, 0.4) is 0 Å². The first-order valence-corrected chi connectivity index (χ1v) is 17.0. The zero-order valence-corrected chi connectivity index (χ0v) is 27.8. The summed E-state index contributed by atoms with van der Waals surface area (Å²) in [5.74, 6) is 0.818. The van der Waals surface area contributed by atoms with Crippen LogP contribution < -0.4 is 15.4 Å². The number of amides is 1. The lowest BCUT2D eigenvalue weighted by Crippen LogP contribution is -2.51. The van der Waals surface area contributed by atoms with Gasteiger partial charge in [-0.1, -0.05) is 6.07 Å². The molecule has 0 radical (unpaired) electrons. The number of nitrogens with zero attached hydrogens (tertiary/aromatic N) is 7. The molecule has 5 heterocycles. The molecule has 3 N–H and O–H groups in total. The van der Waals surface area contributed by atoms with Crippen molar-refractivity contribution in [2.24, 2.45) is 10.7 Å². The highest BCUT2D eigenvalue weighted by Crippen LogP contribution is 2.48. The third-order valence-electron chi connectivity index (χ3n) is 11.0. The van der Waals surface area contributed by atoms with Crippen LogP contribution in [0.5, 0.6) is 11.8 Å². The number of phenols is 1. The topological polar surface area (TPSA) is 124 Å². The Kier molecular flexibility index (Phi) is 8.36. The van der Waals surface area contributed by atoms with Crippen molar-refractivity contribution >= 4 is 17.4 Å². The van der Waals surface area contributed by atoms with Gasteiger partial charge in [-0.25, -0.2) is 4.39 Å². The quantitative estimate of drug-likeness (QED) is 0.456. The molecule has 252 valence electrons. The van der Waals surface area contributed by atoms with Gasteiger partial charge in [-0.2, -0.15) is 9.97 Å². The van der Waals surface area contributed by atoms with E-state index in [9.17, 15) is 14.3 Å². The lowest BCUT2D eigenvalue weighted by molar-refractivity contribution is -0.124. The fourth-order valence-electron chi connectivity index (χ4n) is 8.66. The number of phenolic OH excluding ortho intramolecular Hbond substituents is 1. The molecular weight excluding hydrogens is 599 g/mol. The number of carbonyl (C=O) groups is 1.